The first kappa shape index (κ1) is 38.9. The summed E-state index contributed by atoms with van der Waals surface area (Å²) in [6, 6.07) is 17.9. The molecule has 1 atom stereocenters. The highest BCUT2D eigenvalue weighted by atomic mass is 16.6. The van der Waals surface area contributed by atoms with Crippen LogP contribution in [0.3, 0.4) is 0 Å². The van der Waals surface area contributed by atoms with Crippen molar-refractivity contribution < 1.29 is 23.9 Å². The van der Waals surface area contributed by atoms with Gasteiger partial charge in [0.1, 0.15) is 11.6 Å². The van der Waals surface area contributed by atoms with E-state index in [0.29, 0.717) is 43.4 Å². The van der Waals surface area contributed by atoms with E-state index in [1.165, 1.54) is 0 Å². The number of alkyl carbamates (subject to hydrolysis) is 1. The highest BCUT2D eigenvalue weighted by Crippen LogP contribution is 2.33. The third-order valence-corrected chi connectivity index (χ3v) is 9.20. The zero-order chi connectivity index (χ0) is 38.0. The molecule has 2 aromatic carbocycles. The van der Waals surface area contributed by atoms with Crippen molar-refractivity contribution in [1.82, 2.24) is 35.8 Å². The number of carbonyl (C=O) groups is 3. The van der Waals surface area contributed by atoms with Gasteiger partial charge in [0.15, 0.2) is 5.82 Å². The lowest BCUT2D eigenvalue weighted by atomic mass is 9.81. The third kappa shape index (κ3) is 11.3. The molecular formula is C39H51N9O5. The number of primary amides is 1. The van der Waals surface area contributed by atoms with Crippen LogP contribution in [0, 0.1) is 11.8 Å². The molecule has 282 valence electrons. The predicted molar refractivity (Wildman–Crippen MR) is 202 cm³/mol. The van der Waals surface area contributed by atoms with Crippen molar-refractivity contribution in [2.45, 2.75) is 70.9 Å². The van der Waals surface area contributed by atoms with Crippen molar-refractivity contribution in [1.29, 1.82) is 0 Å². The molecule has 1 saturated carbocycles. The standard InChI is InChI=1S/C39H51N9O5/c1-39(2,3)53-38(51)42-24-26-10-12-29(13-11-26)37(50)48(32-17-14-28(15-18-32)36-43-45-46-44-36)33(35(40)49)23-27-8-6-9-30(22-27)31-16-19-34(41-25-31)52-21-7-20-47(4)5/h6,8-9,14-19,22,25-26,29,33H,7,10-13,20-21,23-24H2,1-5H3,(H2,40,49)(H,42,51)(H,43,44,45,46)/t26-,29-,33-/m0/s1. The topological polar surface area (TPSA) is 182 Å². The van der Waals surface area contributed by atoms with Gasteiger partial charge < -0.3 is 25.4 Å². The summed E-state index contributed by atoms with van der Waals surface area (Å²) < 4.78 is 11.2. The number of aromatic nitrogens is 5. The lowest BCUT2D eigenvalue weighted by Gasteiger charge is -2.36. The Balaban J connectivity index is 1.33. The zero-order valence-corrected chi connectivity index (χ0v) is 31.2. The van der Waals surface area contributed by atoms with Gasteiger partial charge in [0.05, 0.1) is 6.61 Å². The van der Waals surface area contributed by atoms with Crippen molar-refractivity contribution in [3.63, 3.8) is 0 Å². The van der Waals surface area contributed by atoms with Gasteiger partial charge in [0.2, 0.25) is 17.7 Å². The molecule has 0 spiro atoms. The fraction of sp³-hybridized carbons (Fsp3) is 0.462. The van der Waals surface area contributed by atoms with E-state index in [0.717, 1.165) is 48.1 Å². The monoisotopic (exact) mass is 725 g/mol. The number of rotatable bonds is 15. The van der Waals surface area contributed by atoms with Gasteiger partial charge in [-0.3, -0.25) is 14.5 Å². The third-order valence-electron chi connectivity index (χ3n) is 9.20. The molecule has 53 heavy (non-hydrogen) atoms. The van der Waals surface area contributed by atoms with Crippen LogP contribution < -0.4 is 20.7 Å². The van der Waals surface area contributed by atoms with Gasteiger partial charge in [-0.05, 0) is 125 Å². The van der Waals surface area contributed by atoms with Crippen LogP contribution >= 0.6 is 0 Å². The van der Waals surface area contributed by atoms with Crippen LogP contribution in [0.5, 0.6) is 5.88 Å². The maximum atomic E-state index is 14.5. The highest BCUT2D eigenvalue weighted by Gasteiger charge is 2.36. The van der Waals surface area contributed by atoms with E-state index in [9.17, 15) is 14.4 Å². The Morgan fingerprint density at radius 2 is 1.72 bits per heavy atom. The summed E-state index contributed by atoms with van der Waals surface area (Å²) in [5.74, 6) is 0.152. The molecule has 0 saturated heterocycles. The fourth-order valence-corrected chi connectivity index (χ4v) is 6.49. The largest absolute Gasteiger partial charge is 0.478 e. The van der Waals surface area contributed by atoms with E-state index in [1.54, 1.807) is 35.4 Å². The average molecular weight is 726 g/mol. The molecule has 1 fully saturated rings. The van der Waals surface area contributed by atoms with Crippen LogP contribution in [-0.4, -0.2) is 93.9 Å². The van der Waals surface area contributed by atoms with Crippen LogP contribution in [-0.2, 0) is 20.7 Å². The molecule has 5 rings (SSSR count). The first-order valence-corrected chi connectivity index (χ1v) is 18.1. The van der Waals surface area contributed by atoms with Gasteiger partial charge in [0.25, 0.3) is 0 Å². The van der Waals surface area contributed by atoms with Crippen molar-refractivity contribution in [3.8, 4) is 28.4 Å². The molecule has 14 nitrogen and oxygen atoms in total. The molecule has 0 aliphatic heterocycles. The number of ether oxygens (including phenoxy) is 2. The van der Waals surface area contributed by atoms with Gasteiger partial charge in [-0.25, -0.2) is 14.9 Å². The van der Waals surface area contributed by atoms with Crippen molar-refractivity contribution in [2.24, 2.45) is 17.6 Å². The Labute approximate surface area is 310 Å². The molecule has 1 aliphatic carbocycles. The average Bonchev–Trinajstić information content (AvgIpc) is 3.68. The number of carbonyl (C=O) groups excluding carboxylic acids is 3. The Bertz CT molecular complexity index is 1780. The van der Waals surface area contributed by atoms with Crippen LogP contribution in [0.4, 0.5) is 10.5 Å². The maximum absolute atomic E-state index is 14.5. The van der Waals surface area contributed by atoms with Gasteiger partial charge >= 0.3 is 6.09 Å². The maximum Gasteiger partial charge on any atom is 0.407 e. The van der Waals surface area contributed by atoms with Gasteiger partial charge in [-0.1, -0.05) is 24.3 Å². The molecule has 14 heteroatoms. The van der Waals surface area contributed by atoms with Crippen molar-refractivity contribution in [3.05, 3.63) is 72.4 Å². The summed E-state index contributed by atoms with van der Waals surface area (Å²) in [7, 11) is 4.06. The predicted octanol–water partition coefficient (Wildman–Crippen LogP) is 5.02. The normalized spacial score (nSPS) is 16.5. The van der Waals surface area contributed by atoms with Gasteiger partial charge in [-0.2, -0.15) is 0 Å². The first-order valence-electron chi connectivity index (χ1n) is 18.1. The number of hydrogen-bond donors (Lipinski definition) is 3. The quantitative estimate of drug-likeness (QED) is 0.141. The van der Waals surface area contributed by atoms with Gasteiger partial charge in [0, 0.05) is 54.5 Å². The molecule has 3 amide bonds. The Morgan fingerprint density at radius 1 is 0.981 bits per heavy atom. The molecule has 0 bridgehead atoms. The summed E-state index contributed by atoms with van der Waals surface area (Å²) >= 11 is 0. The SMILES string of the molecule is CN(C)CCCOc1ccc(-c2cccc(C[C@@H](C(N)=O)N(c3ccc(-c4nnn[nH]4)cc3)C(=O)[C@H]3CC[C@H](CNC(=O)OC(C)(C)C)CC3)c2)cn1. The summed E-state index contributed by atoms with van der Waals surface area (Å²) in [5, 5.41) is 16.9. The van der Waals surface area contributed by atoms with E-state index in [2.05, 4.69) is 35.8 Å². The van der Waals surface area contributed by atoms with E-state index in [1.807, 2.05) is 71.3 Å². The van der Waals surface area contributed by atoms with Crippen LogP contribution in [0.1, 0.15) is 58.4 Å². The fourth-order valence-electron chi connectivity index (χ4n) is 6.49. The number of nitrogens with two attached hydrogens (primary N) is 1. The van der Waals surface area contributed by atoms with Gasteiger partial charge in [-0.15, -0.1) is 5.10 Å². The number of anilines is 1. The summed E-state index contributed by atoms with van der Waals surface area (Å²) in [6.07, 6.45) is 5.14. The Hall–Kier alpha value is -5.37. The van der Waals surface area contributed by atoms with Crippen molar-refractivity contribution >= 4 is 23.6 Å². The van der Waals surface area contributed by atoms with E-state index >= 15 is 0 Å². The Kier molecular flexibility index (Phi) is 13.1. The van der Waals surface area contributed by atoms with Crippen LogP contribution in [0.15, 0.2) is 66.9 Å². The molecule has 0 unspecified atom stereocenters. The highest BCUT2D eigenvalue weighted by molar-refractivity contribution is 6.01. The summed E-state index contributed by atoms with van der Waals surface area (Å²) in [6.45, 7) is 7.46. The number of aromatic amines is 1. The molecule has 0 radical (unpaired) electrons. The minimum Gasteiger partial charge on any atom is -0.478 e. The van der Waals surface area contributed by atoms with Crippen molar-refractivity contribution in [2.75, 3.05) is 38.7 Å². The van der Waals surface area contributed by atoms with Crippen LogP contribution in [0.2, 0.25) is 0 Å². The zero-order valence-electron chi connectivity index (χ0n) is 31.2. The second kappa shape index (κ2) is 17.9. The number of hydrogen-bond acceptors (Lipinski definition) is 10. The second-order valence-corrected chi connectivity index (χ2v) is 14.8. The van der Waals surface area contributed by atoms with E-state index < -0.39 is 23.6 Å². The molecule has 2 heterocycles. The smallest absolute Gasteiger partial charge is 0.407 e. The van der Waals surface area contributed by atoms with E-state index in [-0.39, 0.29) is 24.2 Å². The lowest BCUT2D eigenvalue weighted by molar-refractivity contribution is -0.127. The molecular weight excluding hydrogens is 674 g/mol. The number of H-pyrrole nitrogens is 1. The molecule has 2 aromatic heterocycles. The molecule has 1 aliphatic rings. The second-order valence-electron chi connectivity index (χ2n) is 14.8. The summed E-state index contributed by atoms with van der Waals surface area (Å²) in [5.41, 5.74) is 9.47. The van der Waals surface area contributed by atoms with E-state index in [4.69, 9.17) is 15.2 Å². The minimum absolute atomic E-state index is 0.164. The number of amides is 3. The number of pyridine rings is 1. The Morgan fingerprint density at radius 3 is 2.34 bits per heavy atom. The molecule has 4 N–H and O–H groups in total. The number of nitrogens with zero attached hydrogens (tertiary/aromatic N) is 6. The van der Waals surface area contributed by atoms with Crippen LogP contribution in [0.25, 0.3) is 22.5 Å². The summed E-state index contributed by atoms with van der Waals surface area (Å²) in [4.78, 5) is 48.2. The number of nitrogens with one attached hydrogen (secondary N) is 2. The number of benzene rings is 2. The lowest BCUT2D eigenvalue weighted by Crippen LogP contribution is -2.52. The number of tetrazole rings is 1. The minimum atomic E-state index is -0.960. The molecule has 4 aromatic rings. The first-order chi connectivity index (χ1) is 25.4.